The van der Waals surface area contributed by atoms with Gasteiger partial charge >= 0.3 is 0 Å². The van der Waals surface area contributed by atoms with Gasteiger partial charge in [0.05, 0.1) is 36.0 Å². The summed E-state index contributed by atoms with van der Waals surface area (Å²) in [5.41, 5.74) is 2.96. The molecule has 0 aliphatic carbocycles. The molecule has 5 heteroatoms. The fraction of sp³-hybridized carbons (Fsp3) is 0.316. The standard InChI is InChI=1S/C19H19N3O2/c1-12(2)4-5-14-8-13(9-20)15-6-7-16(23-3)18(19(15)22-14)17-10-21-11-24-17/h6-8,10-12H,4-5H2,1-3H3. The third-order valence-electron chi connectivity index (χ3n) is 3.99. The zero-order valence-electron chi connectivity index (χ0n) is 14.0. The predicted molar refractivity (Wildman–Crippen MR) is 91.7 cm³/mol. The molecule has 0 aliphatic rings. The molecule has 5 nitrogen and oxygen atoms in total. The summed E-state index contributed by atoms with van der Waals surface area (Å²) in [6.07, 6.45) is 4.85. The fourth-order valence-electron chi connectivity index (χ4n) is 2.73. The van der Waals surface area contributed by atoms with Gasteiger partial charge in [-0.3, -0.25) is 4.98 Å². The summed E-state index contributed by atoms with van der Waals surface area (Å²) < 4.78 is 10.9. The average molecular weight is 321 g/mol. The van der Waals surface area contributed by atoms with Gasteiger partial charge in [-0.05, 0) is 37.0 Å². The molecule has 0 saturated heterocycles. The number of aromatic nitrogens is 2. The number of nitriles is 1. The Morgan fingerprint density at radius 1 is 1.33 bits per heavy atom. The Labute approximate surface area is 140 Å². The number of rotatable bonds is 5. The second kappa shape index (κ2) is 6.71. The molecule has 0 spiro atoms. The van der Waals surface area contributed by atoms with Crippen LogP contribution in [0.15, 0.2) is 35.2 Å². The minimum absolute atomic E-state index is 0.576. The fourth-order valence-corrected chi connectivity index (χ4v) is 2.73. The molecule has 0 N–H and O–H groups in total. The summed E-state index contributed by atoms with van der Waals surface area (Å²) >= 11 is 0. The molecule has 3 rings (SSSR count). The van der Waals surface area contributed by atoms with Crippen molar-refractivity contribution in [3.05, 3.63) is 42.0 Å². The first-order valence-corrected chi connectivity index (χ1v) is 7.93. The molecule has 0 atom stereocenters. The molecule has 122 valence electrons. The molecule has 0 amide bonds. The smallest absolute Gasteiger partial charge is 0.181 e. The quantitative estimate of drug-likeness (QED) is 0.698. The second-order valence-corrected chi connectivity index (χ2v) is 6.11. The van der Waals surface area contributed by atoms with E-state index in [0.717, 1.165) is 29.5 Å². The topological polar surface area (TPSA) is 71.9 Å². The van der Waals surface area contributed by atoms with Crippen molar-refractivity contribution in [2.24, 2.45) is 5.92 Å². The van der Waals surface area contributed by atoms with Gasteiger partial charge in [-0.2, -0.15) is 5.26 Å². The summed E-state index contributed by atoms with van der Waals surface area (Å²) in [7, 11) is 1.61. The van der Waals surface area contributed by atoms with Gasteiger partial charge in [0.2, 0.25) is 0 Å². The van der Waals surface area contributed by atoms with Crippen molar-refractivity contribution in [2.45, 2.75) is 26.7 Å². The predicted octanol–water partition coefficient (Wildman–Crippen LogP) is 4.36. The summed E-state index contributed by atoms with van der Waals surface area (Å²) in [6, 6.07) is 7.85. The van der Waals surface area contributed by atoms with Crippen LogP contribution in [0.25, 0.3) is 22.2 Å². The van der Waals surface area contributed by atoms with E-state index in [9.17, 15) is 5.26 Å². The summed E-state index contributed by atoms with van der Waals surface area (Å²) in [4.78, 5) is 8.79. The van der Waals surface area contributed by atoms with Crippen LogP contribution < -0.4 is 4.74 Å². The van der Waals surface area contributed by atoms with Crippen molar-refractivity contribution >= 4 is 10.9 Å². The van der Waals surface area contributed by atoms with E-state index in [1.807, 2.05) is 18.2 Å². The number of hydrogen-bond acceptors (Lipinski definition) is 5. The van der Waals surface area contributed by atoms with Crippen molar-refractivity contribution in [3.8, 4) is 23.1 Å². The molecule has 0 saturated carbocycles. The molecule has 0 unspecified atom stereocenters. The van der Waals surface area contributed by atoms with Gasteiger partial charge in [-0.25, -0.2) is 4.98 Å². The number of ether oxygens (including phenoxy) is 1. The van der Waals surface area contributed by atoms with Crippen molar-refractivity contribution in [1.29, 1.82) is 5.26 Å². The molecule has 24 heavy (non-hydrogen) atoms. The van der Waals surface area contributed by atoms with Crippen molar-refractivity contribution in [1.82, 2.24) is 9.97 Å². The third kappa shape index (κ3) is 2.95. The van der Waals surface area contributed by atoms with E-state index in [1.165, 1.54) is 6.39 Å². The highest BCUT2D eigenvalue weighted by molar-refractivity contribution is 5.98. The van der Waals surface area contributed by atoms with Crippen LogP contribution in [0.2, 0.25) is 0 Å². The molecule has 2 aromatic heterocycles. The van der Waals surface area contributed by atoms with Crippen LogP contribution in [0.3, 0.4) is 0 Å². The van der Waals surface area contributed by atoms with E-state index in [0.29, 0.717) is 28.5 Å². The van der Waals surface area contributed by atoms with Gasteiger partial charge in [0.1, 0.15) is 5.75 Å². The Morgan fingerprint density at radius 2 is 2.17 bits per heavy atom. The third-order valence-corrected chi connectivity index (χ3v) is 3.99. The Bertz CT molecular complexity index is 893. The van der Waals surface area contributed by atoms with E-state index in [1.54, 1.807) is 13.3 Å². The lowest BCUT2D eigenvalue weighted by molar-refractivity contribution is 0.415. The number of aryl methyl sites for hydroxylation is 1. The van der Waals surface area contributed by atoms with Gasteiger partial charge in [0.15, 0.2) is 12.2 Å². The largest absolute Gasteiger partial charge is 0.496 e. The van der Waals surface area contributed by atoms with Crippen LogP contribution in [0.1, 0.15) is 31.5 Å². The lowest BCUT2D eigenvalue weighted by atomic mass is 10.00. The van der Waals surface area contributed by atoms with Gasteiger partial charge < -0.3 is 9.15 Å². The number of fused-ring (bicyclic) bond motifs is 1. The number of methoxy groups -OCH3 is 1. The number of nitrogens with zero attached hydrogens (tertiary/aromatic N) is 3. The zero-order valence-corrected chi connectivity index (χ0v) is 14.0. The van der Waals surface area contributed by atoms with Crippen LogP contribution >= 0.6 is 0 Å². The zero-order chi connectivity index (χ0) is 17.1. The Morgan fingerprint density at radius 3 is 2.79 bits per heavy atom. The first-order chi connectivity index (χ1) is 11.6. The Hall–Kier alpha value is -2.87. The van der Waals surface area contributed by atoms with Crippen molar-refractivity contribution in [2.75, 3.05) is 7.11 Å². The summed E-state index contributed by atoms with van der Waals surface area (Å²) in [5.74, 6) is 1.80. The first-order valence-electron chi connectivity index (χ1n) is 7.93. The SMILES string of the molecule is COc1ccc2c(C#N)cc(CCC(C)C)nc2c1-c1cnco1. The van der Waals surface area contributed by atoms with Crippen LogP contribution in [0.4, 0.5) is 0 Å². The number of pyridine rings is 1. The Balaban J connectivity index is 2.26. The second-order valence-electron chi connectivity index (χ2n) is 6.11. The molecule has 0 aliphatic heterocycles. The lowest BCUT2D eigenvalue weighted by Gasteiger charge is -2.12. The number of hydrogen-bond donors (Lipinski definition) is 0. The normalized spacial score (nSPS) is 11.0. The molecular weight excluding hydrogens is 302 g/mol. The minimum atomic E-state index is 0.576. The molecule has 2 heterocycles. The highest BCUT2D eigenvalue weighted by Gasteiger charge is 2.18. The molecule has 1 aromatic carbocycles. The van der Waals surface area contributed by atoms with Gasteiger partial charge in [0, 0.05) is 11.1 Å². The summed E-state index contributed by atoms with van der Waals surface area (Å²) in [5, 5.41) is 10.3. The van der Waals surface area contributed by atoms with Crippen molar-refractivity contribution in [3.63, 3.8) is 0 Å². The van der Waals surface area contributed by atoms with E-state index in [-0.39, 0.29) is 0 Å². The monoisotopic (exact) mass is 321 g/mol. The van der Waals surface area contributed by atoms with Gasteiger partial charge in [-0.1, -0.05) is 13.8 Å². The van der Waals surface area contributed by atoms with Crippen LogP contribution in [0.5, 0.6) is 5.75 Å². The first kappa shape index (κ1) is 16.0. The van der Waals surface area contributed by atoms with E-state index < -0.39 is 0 Å². The van der Waals surface area contributed by atoms with Crippen molar-refractivity contribution < 1.29 is 9.15 Å². The highest BCUT2D eigenvalue weighted by atomic mass is 16.5. The maximum absolute atomic E-state index is 9.54. The van der Waals surface area contributed by atoms with E-state index >= 15 is 0 Å². The van der Waals surface area contributed by atoms with Crippen LogP contribution in [0, 0.1) is 17.2 Å². The van der Waals surface area contributed by atoms with Gasteiger partial charge in [0.25, 0.3) is 0 Å². The Kier molecular flexibility index (Phi) is 4.48. The molecular formula is C19H19N3O2. The van der Waals surface area contributed by atoms with Crippen LogP contribution in [-0.4, -0.2) is 17.1 Å². The minimum Gasteiger partial charge on any atom is -0.496 e. The lowest BCUT2D eigenvalue weighted by Crippen LogP contribution is -1.99. The summed E-state index contributed by atoms with van der Waals surface area (Å²) in [6.45, 7) is 4.35. The van der Waals surface area contributed by atoms with Gasteiger partial charge in [-0.15, -0.1) is 0 Å². The molecule has 0 bridgehead atoms. The number of benzene rings is 1. The molecule has 0 radical (unpaired) electrons. The molecule has 0 fully saturated rings. The maximum Gasteiger partial charge on any atom is 0.181 e. The highest BCUT2D eigenvalue weighted by Crippen LogP contribution is 2.37. The average Bonchev–Trinajstić information content (AvgIpc) is 3.12. The molecule has 3 aromatic rings. The van der Waals surface area contributed by atoms with E-state index in [4.69, 9.17) is 14.1 Å². The number of oxazole rings is 1. The van der Waals surface area contributed by atoms with Crippen LogP contribution in [-0.2, 0) is 6.42 Å². The maximum atomic E-state index is 9.54. The van der Waals surface area contributed by atoms with E-state index in [2.05, 4.69) is 24.9 Å².